The van der Waals surface area contributed by atoms with E-state index in [4.69, 9.17) is 14.2 Å². The summed E-state index contributed by atoms with van der Waals surface area (Å²) in [4.78, 5) is 23.4. The van der Waals surface area contributed by atoms with E-state index in [1.165, 1.54) is 18.2 Å². The molecule has 14 heteroatoms. The van der Waals surface area contributed by atoms with Crippen LogP contribution in [-0.4, -0.2) is 80.8 Å². The lowest BCUT2D eigenvalue weighted by molar-refractivity contribution is -0.166. The second-order valence-corrected chi connectivity index (χ2v) is 10.5. The molecule has 210 valence electrons. The number of hydrogen-bond acceptors (Lipinski definition) is 8. The molecule has 3 heterocycles. The number of nitrogens with one attached hydrogen (secondary N) is 3. The molecule has 3 amide bonds. The Kier molecular flexibility index (Phi) is 9.71. The zero-order chi connectivity index (χ0) is 27.0. The predicted molar refractivity (Wildman–Crippen MR) is 133 cm³/mol. The second-order valence-electron chi connectivity index (χ2n) is 9.19. The highest BCUT2D eigenvalue weighted by atomic mass is 32.2. The van der Waals surface area contributed by atoms with Crippen molar-refractivity contribution >= 4 is 23.7 Å². The van der Waals surface area contributed by atoms with Gasteiger partial charge in [-0.25, -0.2) is 4.79 Å². The van der Waals surface area contributed by atoms with E-state index in [0.717, 1.165) is 25.0 Å². The van der Waals surface area contributed by atoms with E-state index in [1.807, 2.05) is 11.8 Å². The Morgan fingerprint density at radius 1 is 1.11 bits per heavy atom. The number of carbonyl (C=O) groups is 2. The van der Waals surface area contributed by atoms with Crippen LogP contribution in [0.25, 0.3) is 0 Å². The van der Waals surface area contributed by atoms with Crippen LogP contribution in [-0.2, 0) is 19.9 Å². The van der Waals surface area contributed by atoms with Crippen LogP contribution in [0.4, 0.5) is 18.0 Å². The van der Waals surface area contributed by atoms with Crippen molar-refractivity contribution in [2.75, 3.05) is 45.3 Å². The van der Waals surface area contributed by atoms with E-state index in [2.05, 4.69) is 26.2 Å². The van der Waals surface area contributed by atoms with Gasteiger partial charge in [-0.3, -0.25) is 4.79 Å². The Morgan fingerprint density at radius 2 is 1.87 bits per heavy atom. The van der Waals surface area contributed by atoms with Crippen LogP contribution in [0.3, 0.4) is 0 Å². The molecule has 0 spiro atoms. The van der Waals surface area contributed by atoms with Gasteiger partial charge in [0, 0.05) is 29.5 Å². The summed E-state index contributed by atoms with van der Waals surface area (Å²) in [6, 6.07) is 5.96. The largest absolute Gasteiger partial charge is 0.491 e. The standard InChI is InChI=1S/C24H32F3N5O5S/c25-24(26,27)23(31-32-23)16-4-3-5-17(14-16)37-13-12-36-11-10-35-9-8-28-20(33)7-2-1-6-19-21-18(15-38-19)29-22(34)30-21/h3-5,14,18-19,21H,1-2,6-13,15H2,(H,28,33)(H2,29,30,34)/t18-,19-,21-/m0/s1. The van der Waals surface area contributed by atoms with Crippen LogP contribution in [0.1, 0.15) is 31.2 Å². The summed E-state index contributed by atoms with van der Waals surface area (Å²) >= 11 is 1.87. The summed E-state index contributed by atoms with van der Waals surface area (Å²) < 4.78 is 55.6. The minimum absolute atomic E-state index is 0.0101. The molecule has 4 rings (SSSR count). The molecule has 0 aromatic heterocycles. The maximum absolute atomic E-state index is 13.1. The van der Waals surface area contributed by atoms with Gasteiger partial charge in [-0.05, 0) is 25.0 Å². The molecule has 1 aromatic carbocycles. The first-order valence-corrected chi connectivity index (χ1v) is 13.7. The van der Waals surface area contributed by atoms with E-state index >= 15 is 0 Å². The number of unbranched alkanes of at least 4 members (excludes halogenated alkanes) is 1. The molecule has 3 aliphatic heterocycles. The molecule has 10 nitrogen and oxygen atoms in total. The number of urea groups is 1. The SMILES string of the molecule is O=C(CCCC[C@@H]1SC[C@@H]2NC(=O)N[C@@H]21)NCCOCCOCCOc1cccc(C2(C(F)(F)F)N=N2)c1. The highest BCUT2D eigenvalue weighted by Crippen LogP contribution is 2.52. The van der Waals surface area contributed by atoms with Gasteiger partial charge in [-0.15, -0.1) is 10.2 Å². The smallest absolute Gasteiger partial charge is 0.442 e. The predicted octanol–water partition coefficient (Wildman–Crippen LogP) is 3.12. The molecule has 3 N–H and O–H groups in total. The fraction of sp³-hybridized carbons (Fsp3) is 0.667. The van der Waals surface area contributed by atoms with E-state index in [0.29, 0.717) is 38.0 Å². The third kappa shape index (κ3) is 7.50. The lowest BCUT2D eigenvalue weighted by Gasteiger charge is -2.16. The van der Waals surface area contributed by atoms with Crippen molar-refractivity contribution in [3.05, 3.63) is 29.8 Å². The first-order chi connectivity index (χ1) is 18.3. The van der Waals surface area contributed by atoms with Crippen molar-refractivity contribution < 1.29 is 37.0 Å². The summed E-state index contributed by atoms with van der Waals surface area (Å²) in [7, 11) is 0. The molecule has 0 radical (unpaired) electrons. The summed E-state index contributed by atoms with van der Waals surface area (Å²) in [5, 5.41) is 15.5. The number of alkyl halides is 3. The molecule has 2 saturated heterocycles. The Hall–Kier alpha value is -2.58. The number of amides is 3. The van der Waals surface area contributed by atoms with E-state index in [1.54, 1.807) is 6.07 Å². The molecule has 0 aliphatic carbocycles. The third-order valence-electron chi connectivity index (χ3n) is 6.45. The van der Waals surface area contributed by atoms with Crippen molar-refractivity contribution in [1.29, 1.82) is 0 Å². The van der Waals surface area contributed by atoms with E-state index in [-0.39, 0.29) is 48.5 Å². The highest BCUT2D eigenvalue weighted by molar-refractivity contribution is 8.00. The summed E-state index contributed by atoms with van der Waals surface area (Å²) in [5.74, 6) is 1.21. The van der Waals surface area contributed by atoms with Crippen LogP contribution in [0, 0.1) is 0 Å². The molecular weight excluding hydrogens is 527 g/mol. The molecule has 2 fully saturated rings. The monoisotopic (exact) mass is 559 g/mol. The van der Waals surface area contributed by atoms with Gasteiger partial charge in [-0.2, -0.15) is 24.9 Å². The molecule has 38 heavy (non-hydrogen) atoms. The minimum Gasteiger partial charge on any atom is -0.491 e. The lowest BCUT2D eigenvalue weighted by Crippen LogP contribution is -2.36. The Balaban J connectivity index is 0.952. The molecule has 1 aromatic rings. The minimum atomic E-state index is -4.58. The van der Waals surface area contributed by atoms with Gasteiger partial charge in [0.2, 0.25) is 5.91 Å². The van der Waals surface area contributed by atoms with Gasteiger partial charge in [0.1, 0.15) is 12.4 Å². The van der Waals surface area contributed by atoms with Crippen molar-refractivity contribution in [1.82, 2.24) is 16.0 Å². The Labute approximate surface area is 222 Å². The molecule has 3 atom stereocenters. The average molecular weight is 560 g/mol. The quantitative estimate of drug-likeness (QED) is 0.211. The fourth-order valence-electron chi connectivity index (χ4n) is 4.41. The van der Waals surface area contributed by atoms with Crippen LogP contribution in [0.2, 0.25) is 0 Å². The van der Waals surface area contributed by atoms with Gasteiger partial charge in [-0.1, -0.05) is 18.6 Å². The first-order valence-electron chi connectivity index (χ1n) is 12.6. The molecule has 0 unspecified atom stereocenters. The number of thioether (sulfide) groups is 1. The normalized spacial score (nSPS) is 23.0. The number of carbonyl (C=O) groups excluding carboxylic acids is 2. The van der Waals surface area contributed by atoms with Crippen LogP contribution in [0.5, 0.6) is 5.75 Å². The summed E-state index contributed by atoms with van der Waals surface area (Å²) in [6.07, 6.45) is -1.40. The zero-order valence-corrected chi connectivity index (χ0v) is 21.6. The number of benzene rings is 1. The zero-order valence-electron chi connectivity index (χ0n) is 20.8. The van der Waals surface area contributed by atoms with E-state index in [9.17, 15) is 22.8 Å². The Bertz CT molecular complexity index is 992. The van der Waals surface area contributed by atoms with Crippen molar-refractivity contribution in [2.45, 2.75) is 54.9 Å². The lowest BCUT2D eigenvalue weighted by atomic mass is 10.0. The molecule has 0 saturated carbocycles. The van der Waals surface area contributed by atoms with Crippen molar-refractivity contribution in [3.8, 4) is 5.75 Å². The third-order valence-corrected chi connectivity index (χ3v) is 7.96. The van der Waals surface area contributed by atoms with Crippen LogP contribution < -0.4 is 20.7 Å². The first kappa shape index (κ1) is 28.4. The van der Waals surface area contributed by atoms with Gasteiger partial charge in [0.05, 0.1) is 38.5 Å². The average Bonchev–Trinajstić information content (AvgIpc) is 3.52. The topological polar surface area (TPSA) is 123 Å². The van der Waals surface area contributed by atoms with Gasteiger partial charge in [0.25, 0.3) is 0 Å². The van der Waals surface area contributed by atoms with Crippen LogP contribution in [0.15, 0.2) is 34.5 Å². The number of nitrogens with zero attached hydrogens (tertiary/aromatic N) is 2. The summed E-state index contributed by atoms with van der Waals surface area (Å²) in [5.41, 5.74) is -2.55. The molecule has 3 aliphatic rings. The van der Waals surface area contributed by atoms with Gasteiger partial charge < -0.3 is 30.2 Å². The van der Waals surface area contributed by atoms with Crippen molar-refractivity contribution in [2.24, 2.45) is 10.2 Å². The summed E-state index contributed by atoms with van der Waals surface area (Å²) in [6.45, 7) is 1.85. The number of halogens is 3. The maximum atomic E-state index is 13.1. The second kappa shape index (κ2) is 13.0. The number of rotatable bonds is 16. The molecule has 0 bridgehead atoms. The van der Waals surface area contributed by atoms with Gasteiger partial charge in [0.15, 0.2) is 0 Å². The number of ether oxygens (including phenoxy) is 3. The molecular formula is C24H32F3N5O5S. The number of fused-ring (bicyclic) bond motifs is 1. The maximum Gasteiger partial charge on any atom is 0.442 e. The van der Waals surface area contributed by atoms with E-state index < -0.39 is 11.8 Å². The number of hydrogen-bond donors (Lipinski definition) is 3. The van der Waals surface area contributed by atoms with Crippen molar-refractivity contribution in [3.63, 3.8) is 0 Å². The van der Waals surface area contributed by atoms with Crippen LogP contribution >= 0.6 is 11.8 Å². The Morgan fingerprint density at radius 3 is 2.63 bits per heavy atom. The highest BCUT2D eigenvalue weighted by Gasteiger charge is 2.65. The fourth-order valence-corrected chi connectivity index (χ4v) is 5.95. The van der Waals surface area contributed by atoms with Gasteiger partial charge >= 0.3 is 17.9 Å².